The first kappa shape index (κ1) is 14.2. The minimum Gasteiger partial charge on any atom is -0.399 e. The average Bonchev–Trinajstić information content (AvgIpc) is 2.71. The molecule has 3 rings (SSSR count). The van der Waals surface area contributed by atoms with Crippen molar-refractivity contribution in [1.29, 1.82) is 0 Å². The second-order valence-corrected chi connectivity index (χ2v) is 6.15. The first-order chi connectivity index (χ1) is 9.95. The molecule has 1 amide bonds. The van der Waals surface area contributed by atoms with E-state index in [-0.39, 0.29) is 11.9 Å². The van der Waals surface area contributed by atoms with E-state index in [4.69, 9.17) is 28.9 Å². The molecule has 5 heteroatoms. The number of anilines is 2. The van der Waals surface area contributed by atoms with Crippen molar-refractivity contribution in [3.63, 3.8) is 0 Å². The number of carbonyl (C=O) groups excluding carboxylic acids is 1. The Balaban J connectivity index is 2.02. The molecule has 0 aromatic heterocycles. The molecule has 0 radical (unpaired) electrons. The summed E-state index contributed by atoms with van der Waals surface area (Å²) in [5, 5.41) is 0.908. The van der Waals surface area contributed by atoms with Crippen molar-refractivity contribution in [1.82, 2.24) is 0 Å². The molecule has 0 fully saturated rings. The third-order valence-electron chi connectivity index (χ3n) is 3.65. The van der Waals surface area contributed by atoms with E-state index in [9.17, 15) is 4.79 Å². The van der Waals surface area contributed by atoms with Gasteiger partial charge in [-0.15, -0.1) is 0 Å². The lowest BCUT2D eigenvalue weighted by Gasteiger charge is -2.23. The van der Waals surface area contributed by atoms with Gasteiger partial charge in [0.2, 0.25) is 0 Å². The molecule has 1 aliphatic rings. The van der Waals surface area contributed by atoms with Crippen molar-refractivity contribution in [2.24, 2.45) is 0 Å². The maximum Gasteiger partial charge on any atom is 0.258 e. The van der Waals surface area contributed by atoms with Gasteiger partial charge in [-0.3, -0.25) is 4.79 Å². The zero-order valence-electron chi connectivity index (χ0n) is 11.4. The second kappa shape index (κ2) is 5.24. The van der Waals surface area contributed by atoms with Gasteiger partial charge < -0.3 is 10.6 Å². The Morgan fingerprint density at radius 1 is 1.19 bits per heavy atom. The summed E-state index contributed by atoms with van der Waals surface area (Å²) < 4.78 is 0. The van der Waals surface area contributed by atoms with Gasteiger partial charge in [-0.05, 0) is 55.3 Å². The molecule has 2 aromatic carbocycles. The lowest BCUT2D eigenvalue weighted by molar-refractivity contribution is 0.0981. The summed E-state index contributed by atoms with van der Waals surface area (Å²) in [5.41, 5.74) is 9.00. The summed E-state index contributed by atoms with van der Waals surface area (Å²) in [6.07, 6.45) is 0.792. The van der Waals surface area contributed by atoms with E-state index in [1.165, 1.54) is 0 Å². The normalized spacial score (nSPS) is 16.9. The quantitative estimate of drug-likeness (QED) is 0.802. The summed E-state index contributed by atoms with van der Waals surface area (Å²) in [7, 11) is 0. The molecule has 1 atom stereocenters. The number of nitrogens with two attached hydrogens (primary N) is 1. The molecule has 3 nitrogen and oxygen atoms in total. The van der Waals surface area contributed by atoms with Crippen LogP contribution >= 0.6 is 23.2 Å². The van der Waals surface area contributed by atoms with Gasteiger partial charge in [-0.2, -0.15) is 0 Å². The van der Waals surface area contributed by atoms with Crippen LogP contribution in [0.1, 0.15) is 22.8 Å². The summed E-state index contributed by atoms with van der Waals surface area (Å²) >= 11 is 12.0. The summed E-state index contributed by atoms with van der Waals surface area (Å²) in [6.45, 7) is 2.01. The third-order valence-corrected chi connectivity index (χ3v) is 4.08. The number of carbonyl (C=O) groups is 1. The number of hydrogen-bond donors (Lipinski definition) is 1. The van der Waals surface area contributed by atoms with Crippen LogP contribution in [0.4, 0.5) is 11.4 Å². The smallest absolute Gasteiger partial charge is 0.258 e. The lowest BCUT2D eigenvalue weighted by Crippen LogP contribution is -2.35. The van der Waals surface area contributed by atoms with Gasteiger partial charge in [0.15, 0.2) is 0 Å². The van der Waals surface area contributed by atoms with Crippen LogP contribution in [-0.4, -0.2) is 11.9 Å². The van der Waals surface area contributed by atoms with Crippen LogP contribution in [0.2, 0.25) is 10.0 Å². The molecule has 0 saturated carbocycles. The first-order valence-electron chi connectivity index (χ1n) is 6.64. The van der Waals surface area contributed by atoms with Gasteiger partial charge in [0.05, 0.1) is 0 Å². The number of nitrogens with zero attached hydrogens (tertiary/aromatic N) is 1. The van der Waals surface area contributed by atoms with Crippen LogP contribution in [0.3, 0.4) is 0 Å². The van der Waals surface area contributed by atoms with Crippen LogP contribution in [0.25, 0.3) is 0 Å². The fourth-order valence-electron chi connectivity index (χ4n) is 2.78. The summed E-state index contributed by atoms with van der Waals surface area (Å²) in [6, 6.07) is 10.6. The minimum absolute atomic E-state index is 0.0760. The lowest BCUT2D eigenvalue weighted by atomic mass is 10.1. The summed E-state index contributed by atoms with van der Waals surface area (Å²) in [4.78, 5) is 14.6. The predicted molar refractivity (Wildman–Crippen MR) is 87.3 cm³/mol. The van der Waals surface area contributed by atoms with Crippen molar-refractivity contribution in [3.05, 3.63) is 57.6 Å². The van der Waals surface area contributed by atoms with Crippen molar-refractivity contribution >= 4 is 40.5 Å². The van der Waals surface area contributed by atoms with Crippen molar-refractivity contribution < 1.29 is 4.79 Å². The van der Waals surface area contributed by atoms with Crippen molar-refractivity contribution in [2.75, 3.05) is 10.6 Å². The Morgan fingerprint density at radius 2 is 1.86 bits per heavy atom. The predicted octanol–water partition coefficient (Wildman–Crippen LogP) is 4.17. The van der Waals surface area contributed by atoms with Crippen LogP contribution in [0.15, 0.2) is 36.4 Å². The van der Waals surface area contributed by atoms with Gasteiger partial charge in [0.1, 0.15) is 0 Å². The van der Waals surface area contributed by atoms with E-state index in [2.05, 4.69) is 0 Å². The van der Waals surface area contributed by atoms with Crippen LogP contribution in [0, 0.1) is 0 Å². The Labute approximate surface area is 133 Å². The number of halogens is 2. The third kappa shape index (κ3) is 2.59. The van der Waals surface area contributed by atoms with Gasteiger partial charge in [-0.1, -0.05) is 23.2 Å². The number of hydrogen-bond acceptors (Lipinski definition) is 2. The van der Waals surface area contributed by atoms with E-state index in [1.54, 1.807) is 23.1 Å². The Bertz CT molecular complexity index is 710. The molecule has 0 bridgehead atoms. The molecule has 21 heavy (non-hydrogen) atoms. The molecule has 0 aliphatic carbocycles. The highest BCUT2D eigenvalue weighted by molar-refractivity contribution is 6.35. The van der Waals surface area contributed by atoms with E-state index >= 15 is 0 Å². The Kier molecular flexibility index (Phi) is 3.56. The Hall–Kier alpha value is -1.71. The number of rotatable bonds is 1. The van der Waals surface area contributed by atoms with E-state index in [0.29, 0.717) is 21.3 Å². The maximum absolute atomic E-state index is 12.8. The minimum atomic E-state index is -0.101. The van der Waals surface area contributed by atoms with E-state index < -0.39 is 0 Å². The molecule has 1 aliphatic heterocycles. The second-order valence-electron chi connectivity index (χ2n) is 5.27. The van der Waals surface area contributed by atoms with Crippen molar-refractivity contribution in [3.8, 4) is 0 Å². The van der Waals surface area contributed by atoms with Crippen LogP contribution < -0.4 is 10.6 Å². The number of fused-ring (bicyclic) bond motifs is 1. The molecule has 0 saturated heterocycles. The molecule has 1 unspecified atom stereocenters. The zero-order chi connectivity index (χ0) is 15.1. The molecule has 2 aromatic rings. The molecular formula is C16H14Cl2N2O. The van der Waals surface area contributed by atoms with Crippen LogP contribution in [0.5, 0.6) is 0 Å². The zero-order valence-corrected chi connectivity index (χ0v) is 12.9. The Morgan fingerprint density at radius 3 is 2.52 bits per heavy atom. The van der Waals surface area contributed by atoms with Gasteiger partial charge >= 0.3 is 0 Å². The van der Waals surface area contributed by atoms with E-state index in [0.717, 1.165) is 17.7 Å². The monoisotopic (exact) mass is 320 g/mol. The average molecular weight is 321 g/mol. The van der Waals surface area contributed by atoms with Gasteiger partial charge in [0.25, 0.3) is 5.91 Å². The largest absolute Gasteiger partial charge is 0.399 e. The van der Waals surface area contributed by atoms with E-state index in [1.807, 2.05) is 25.1 Å². The highest BCUT2D eigenvalue weighted by atomic mass is 35.5. The highest BCUT2D eigenvalue weighted by Crippen LogP contribution is 2.35. The highest BCUT2D eigenvalue weighted by Gasteiger charge is 2.31. The number of amides is 1. The van der Waals surface area contributed by atoms with Crippen LogP contribution in [-0.2, 0) is 6.42 Å². The molecular weight excluding hydrogens is 307 g/mol. The maximum atomic E-state index is 12.8. The van der Waals surface area contributed by atoms with Crippen molar-refractivity contribution in [2.45, 2.75) is 19.4 Å². The fraction of sp³-hybridized carbons (Fsp3) is 0.188. The molecule has 2 N–H and O–H groups in total. The standard InChI is InChI=1S/C16H14Cl2N2O/c1-9-4-10-7-14(19)2-3-15(10)20(9)16(21)11-5-12(17)8-13(18)6-11/h2-3,5-9H,4,19H2,1H3. The number of benzene rings is 2. The molecule has 0 spiro atoms. The van der Waals surface area contributed by atoms with Gasteiger partial charge in [-0.25, -0.2) is 0 Å². The number of nitrogen functional groups attached to an aromatic ring is 1. The SMILES string of the molecule is CC1Cc2cc(N)ccc2N1C(=O)c1cc(Cl)cc(Cl)c1. The van der Waals surface area contributed by atoms with Gasteiger partial charge in [0, 0.05) is 33.0 Å². The fourth-order valence-corrected chi connectivity index (χ4v) is 3.30. The molecule has 1 heterocycles. The summed E-state index contributed by atoms with van der Waals surface area (Å²) in [5.74, 6) is -0.101. The molecule has 108 valence electrons. The first-order valence-corrected chi connectivity index (χ1v) is 7.39. The topological polar surface area (TPSA) is 46.3 Å².